The van der Waals surface area contributed by atoms with Gasteiger partial charge in [-0.2, -0.15) is 5.10 Å². The van der Waals surface area contributed by atoms with Gasteiger partial charge in [0.2, 0.25) is 0 Å². The fourth-order valence-corrected chi connectivity index (χ4v) is 2.83. The molecule has 2 heterocycles. The molecule has 1 aliphatic heterocycles. The summed E-state index contributed by atoms with van der Waals surface area (Å²) >= 11 is 0. The Balaban J connectivity index is 1.71. The number of benzene rings is 1. The van der Waals surface area contributed by atoms with Crippen LogP contribution in [0.15, 0.2) is 30.6 Å². The van der Waals surface area contributed by atoms with Gasteiger partial charge in [0, 0.05) is 18.4 Å². The number of aromatic nitrogens is 2. The van der Waals surface area contributed by atoms with E-state index >= 15 is 0 Å². The van der Waals surface area contributed by atoms with Crippen molar-refractivity contribution in [2.75, 3.05) is 5.73 Å². The third-order valence-corrected chi connectivity index (χ3v) is 3.93. The van der Waals surface area contributed by atoms with Crippen molar-refractivity contribution in [2.45, 2.75) is 25.2 Å². The monoisotopic (exact) mass is 329 g/mol. The number of hydrogen-bond donors (Lipinski definition) is 3. The molecule has 0 bridgehead atoms. The number of hydrogen-bond acceptors (Lipinski definition) is 6. The lowest BCUT2D eigenvalue weighted by Gasteiger charge is -2.28. The molecular weight excluding hydrogens is 313 g/mol. The minimum atomic E-state index is -1.23. The molecule has 4 N–H and O–H groups in total. The molecule has 1 atom stereocenters. The SMILES string of the molecule is Nc1cnn(CC(=O)C[C@H]2Cc3cccc(C(=O)O)c3OB2O)c1. The molecule has 0 fully saturated rings. The fourth-order valence-electron chi connectivity index (χ4n) is 2.83. The molecule has 1 aromatic carbocycles. The summed E-state index contributed by atoms with van der Waals surface area (Å²) in [5.41, 5.74) is 6.69. The van der Waals surface area contributed by atoms with Crippen LogP contribution in [0.1, 0.15) is 22.3 Å². The molecule has 0 radical (unpaired) electrons. The van der Waals surface area contributed by atoms with E-state index in [9.17, 15) is 14.6 Å². The van der Waals surface area contributed by atoms with Gasteiger partial charge in [-0.25, -0.2) is 4.79 Å². The van der Waals surface area contributed by atoms with Crippen molar-refractivity contribution in [3.63, 3.8) is 0 Å². The molecule has 0 saturated heterocycles. The predicted octanol–water partition coefficient (Wildman–Crippen LogP) is 0.608. The second-order valence-corrected chi connectivity index (χ2v) is 5.79. The maximum absolute atomic E-state index is 12.2. The van der Waals surface area contributed by atoms with Gasteiger partial charge in [-0.15, -0.1) is 0 Å². The van der Waals surface area contributed by atoms with Crippen LogP contribution < -0.4 is 10.4 Å². The Hall–Kier alpha value is -2.81. The highest BCUT2D eigenvalue weighted by Gasteiger charge is 2.37. The summed E-state index contributed by atoms with van der Waals surface area (Å²) in [5.74, 6) is -1.52. The van der Waals surface area contributed by atoms with Crippen LogP contribution in [0.3, 0.4) is 0 Å². The predicted molar refractivity (Wildman–Crippen MR) is 85.7 cm³/mol. The van der Waals surface area contributed by atoms with E-state index < -0.39 is 18.9 Å². The van der Waals surface area contributed by atoms with E-state index in [1.165, 1.54) is 16.9 Å². The molecule has 1 aliphatic rings. The number of nitrogens with zero attached hydrogens (tertiary/aromatic N) is 2. The smallest absolute Gasteiger partial charge is 0.526 e. The summed E-state index contributed by atoms with van der Waals surface area (Å²) in [4.78, 5) is 23.4. The van der Waals surface area contributed by atoms with Crippen LogP contribution in [-0.4, -0.2) is 38.8 Å². The van der Waals surface area contributed by atoms with Crippen molar-refractivity contribution in [1.82, 2.24) is 9.78 Å². The zero-order valence-corrected chi connectivity index (χ0v) is 12.8. The quantitative estimate of drug-likeness (QED) is 0.686. The van der Waals surface area contributed by atoms with Crippen molar-refractivity contribution in [2.24, 2.45) is 0 Å². The van der Waals surface area contributed by atoms with Crippen LogP contribution >= 0.6 is 0 Å². The van der Waals surface area contributed by atoms with Crippen LogP contribution in [0.25, 0.3) is 0 Å². The van der Waals surface area contributed by atoms with E-state index in [2.05, 4.69) is 5.10 Å². The van der Waals surface area contributed by atoms with Crippen LogP contribution in [0, 0.1) is 0 Å². The van der Waals surface area contributed by atoms with Gasteiger partial charge < -0.3 is 20.5 Å². The minimum absolute atomic E-state index is 0.00310. The number of carboxylic acids is 1. The number of Topliss-reactive ketones (excluding diaryl/α,β-unsaturated/α-hetero) is 1. The molecule has 0 spiro atoms. The number of carboxylic acid groups (broad SMARTS) is 1. The van der Waals surface area contributed by atoms with Gasteiger partial charge in [0.1, 0.15) is 5.75 Å². The van der Waals surface area contributed by atoms with Gasteiger partial charge in [-0.3, -0.25) is 9.48 Å². The average Bonchev–Trinajstić information content (AvgIpc) is 2.92. The number of carbonyl (C=O) groups excluding carboxylic acids is 1. The topological polar surface area (TPSA) is 128 Å². The lowest BCUT2D eigenvalue weighted by atomic mass is 9.64. The van der Waals surface area contributed by atoms with Crippen LogP contribution in [0.5, 0.6) is 5.75 Å². The average molecular weight is 329 g/mol. The Morgan fingerprint density at radius 2 is 2.25 bits per heavy atom. The third kappa shape index (κ3) is 3.25. The molecular formula is C15H16BN3O5. The second-order valence-electron chi connectivity index (χ2n) is 5.79. The maximum Gasteiger partial charge on any atom is 0.526 e. The molecule has 24 heavy (non-hydrogen) atoms. The molecule has 8 nitrogen and oxygen atoms in total. The number of aromatic carboxylic acids is 1. The van der Waals surface area contributed by atoms with Gasteiger partial charge >= 0.3 is 13.1 Å². The van der Waals surface area contributed by atoms with Crippen LogP contribution in [0.4, 0.5) is 5.69 Å². The van der Waals surface area contributed by atoms with Crippen molar-refractivity contribution in [3.8, 4) is 5.75 Å². The summed E-state index contributed by atoms with van der Waals surface area (Å²) < 4.78 is 6.81. The van der Waals surface area contributed by atoms with Gasteiger partial charge in [-0.05, 0) is 18.1 Å². The van der Waals surface area contributed by atoms with E-state index in [0.717, 1.165) is 0 Å². The highest BCUT2D eigenvalue weighted by atomic mass is 16.5. The van der Waals surface area contributed by atoms with Crippen LogP contribution in [-0.2, 0) is 17.8 Å². The Labute approximate surface area is 138 Å². The molecule has 9 heteroatoms. The van der Waals surface area contributed by atoms with Gasteiger partial charge in [0.25, 0.3) is 0 Å². The molecule has 0 aliphatic carbocycles. The Morgan fingerprint density at radius 1 is 1.46 bits per heavy atom. The number of anilines is 1. The summed E-state index contributed by atoms with van der Waals surface area (Å²) in [5, 5.41) is 23.2. The van der Waals surface area contributed by atoms with Gasteiger partial charge in [0.15, 0.2) is 5.78 Å². The van der Waals surface area contributed by atoms with Gasteiger partial charge in [0.05, 0.1) is 24.0 Å². The first-order valence-electron chi connectivity index (χ1n) is 7.43. The number of fused-ring (bicyclic) bond motifs is 1. The van der Waals surface area contributed by atoms with Crippen LogP contribution in [0.2, 0.25) is 5.82 Å². The highest BCUT2D eigenvalue weighted by molar-refractivity contribution is 6.47. The second kappa shape index (κ2) is 6.36. The number of para-hydroxylation sites is 1. The molecule has 0 saturated carbocycles. The first-order chi connectivity index (χ1) is 11.4. The van der Waals surface area contributed by atoms with E-state index in [1.807, 2.05) is 0 Å². The zero-order chi connectivity index (χ0) is 17.3. The first kappa shape index (κ1) is 16.1. The molecule has 0 amide bonds. The highest BCUT2D eigenvalue weighted by Crippen LogP contribution is 2.36. The standard InChI is InChI=1S/C15H16BN3O5/c17-11-6-18-19(7-11)8-12(20)5-10-4-9-2-1-3-13(15(21)22)14(9)24-16(10)23/h1-3,6-7,10,23H,4-5,8,17H2,(H,21,22)/t10-/m1/s1. The van der Waals surface area contributed by atoms with E-state index in [4.69, 9.17) is 15.5 Å². The number of nitrogens with two attached hydrogens (primary N) is 1. The summed E-state index contributed by atoms with van der Waals surface area (Å²) in [6, 6.07) is 4.77. The Kier molecular flexibility index (Phi) is 4.26. The molecule has 2 aromatic rings. The van der Waals surface area contributed by atoms with E-state index in [-0.39, 0.29) is 30.1 Å². The molecule has 1 aromatic heterocycles. The molecule has 124 valence electrons. The first-order valence-corrected chi connectivity index (χ1v) is 7.43. The van der Waals surface area contributed by atoms with Crippen molar-refractivity contribution in [1.29, 1.82) is 0 Å². The van der Waals surface area contributed by atoms with Crippen molar-refractivity contribution < 1.29 is 24.4 Å². The number of carbonyl (C=O) groups is 2. The van der Waals surface area contributed by atoms with Gasteiger partial charge in [-0.1, -0.05) is 12.1 Å². The third-order valence-electron chi connectivity index (χ3n) is 3.93. The van der Waals surface area contributed by atoms with E-state index in [0.29, 0.717) is 17.7 Å². The lowest BCUT2D eigenvalue weighted by Crippen LogP contribution is -2.36. The Morgan fingerprint density at radius 3 is 2.92 bits per heavy atom. The summed E-state index contributed by atoms with van der Waals surface area (Å²) in [6.07, 6.45) is 3.47. The fraction of sp³-hybridized carbons (Fsp3) is 0.267. The normalized spacial score (nSPS) is 16.4. The number of rotatable bonds is 5. The maximum atomic E-state index is 12.2. The van der Waals surface area contributed by atoms with Crippen molar-refractivity contribution in [3.05, 3.63) is 41.7 Å². The molecule has 0 unspecified atom stereocenters. The van der Waals surface area contributed by atoms with Crippen molar-refractivity contribution >= 4 is 24.6 Å². The summed E-state index contributed by atoms with van der Waals surface area (Å²) in [6.45, 7) is 0.0580. The Bertz CT molecular complexity index is 791. The minimum Gasteiger partial charge on any atom is -0.535 e. The number of ketones is 1. The molecule has 3 rings (SSSR count). The van der Waals surface area contributed by atoms with E-state index in [1.54, 1.807) is 18.3 Å². The largest absolute Gasteiger partial charge is 0.535 e. The zero-order valence-electron chi connectivity index (χ0n) is 12.8. The number of nitrogen functional groups attached to an aromatic ring is 1. The summed E-state index contributed by atoms with van der Waals surface area (Å²) in [7, 11) is -1.23. The lowest BCUT2D eigenvalue weighted by molar-refractivity contribution is -0.120.